The summed E-state index contributed by atoms with van der Waals surface area (Å²) >= 11 is 0. The average molecular weight is 346 g/mol. The zero-order valence-corrected chi connectivity index (χ0v) is 14.6. The van der Waals surface area contributed by atoms with Crippen LogP contribution in [-0.4, -0.2) is 71.3 Å². The third kappa shape index (κ3) is 5.64. The largest absolute Gasteiger partial charge is 0.394 e. The first-order valence-electron chi connectivity index (χ1n) is 9.41. The van der Waals surface area contributed by atoms with Crippen LogP contribution in [0.3, 0.4) is 0 Å². The van der Waals surface area contributed by atoms with Gasteiger partial charge in [-0.25, -0.2) is 0 Å². The molecule has 2 fully saturated rings. The molecule has 0 atom stereocenters. The molecule has 0 heterocycles. The van der Waals surface area contributed by atoms with Crippen LogP contribution in [0.15, 0.2) is 0 Å². The lowest BCUT2D eigenvalue weighted by Crippen LogP contribution is -2.52. The Hall–Kier alpha value is -0.240. The van der Waals surface area contributed by atoms with E-state index in [-0.39, 0.29) is 37.3 Å². The first-order chi connectivity index (χ1) is 11.6. The second kappa shape index (κ2) is 10.0. The summed E-state index contributed by atoms with van der Waals surface area (Å²) < 4.78 is 10.9. The van der Waals surface area contributed by atoms with Gasteiger partial charge in [-0.05, 0) is 63.2 Å². The molecule has 0 aromatic heterocycles. The lowest BCUT2D eigenvalue weighted by Gasteiger charge is -2.46. The highest BCUT2D eigenvalue weighted by atomic mass is 16.5. The summed E-state index contributed by atoms with van der Waals surface area (Å²) in [4.78, 5) is 0. The molecule has 2 saturated carbocycles. The molecule has 2 rings (SSSR count). The van der Waals surface area contributed by atoms with Crippen LogP contribution in [0, 0.1) is 11.8 Å². The number of hydrogen-bond acceptors (Lipinski definition) is 6. The second-order valence-corrected chi connectivity index (χ2v) is 7.39. The molecule has 0 radical (unpaired) electrons. The lowest BCUT2D eigenvalue weighted by atomic mass is 9.66. The van der Waals surface area contributed by atoms with Crippen molar-refractivity contribution < 1.29 is 29.9 Å². The van der Waals surface area contributed by atoms with Crippen LogP contribution >= 0.6 is 0 Å². The molecule has 0 aliphatic heterocycles. The summed E-state index contributed by atoms with van der Waals surface area (Å²) in [7, 11) is 0. The van der Waals surface area contributed by atoms with Gasteiger partial charge in [0, 0.05) is 0 Å². The summed E-state index contributed by atoms with van der Waals surface area (Å²) in [6, 6.07) is 0. The van der Waals surface area contributed by atoms with Crippen LogP contribution in [0.4, 0.5) is 0 Å². The third-order valence-electron chi connectivity index (χ3n) is 5.75. The van der Waals surface area contributed by atoms with E-state index in [9.17, 15) is 15.3 Å². The van der Waals surface area contributed by atoms with Crippen molar-refractivity contribution in [2.24, 2.45) is 11.8 Å². The molecule has 0 bridgehead atoms. The maximum atomic E-state index is 11.5. The minimum Gasteiger partial charge on any atom is -0.394 e. The van der Waals surface area contributed by atoms with E-state index in [4.69, 9.17) is 14.6 Å². The van der Waals surface area contributed by atoms with Crippen LogP contribution in [0.1, 0.15) is 51.4 Å². The number of ether oxygens (including phenoxy) is 2. The molecule has 0 unspecified atom stereocenters. The number of aliphatic hydroxyl groups excluding tert-OH is 3. The van der Waals surface area contributed by atoms with E-state index in [0.717, 1.165) is 51.4 Å². The molecular formula is C18H34O6. The fourth-order valence-corrected chi connectivity index (χ4v) is 4.24. The van der Waals surface area contributed by atoms with E-state index in [1.54, 1.807) is 0 Å². The average Bonchev–Trinajstić information content (AvgIpc) is 2.59. The van der Waals surface area contributed by atoms with E-state index >= 15 is 0 Å². The predicted molar refractivity (Wildman–Crippen MR) is 89.6 cm³/mol. The molecule has 0 spiro atoms. The van der Waals surface area contributed by atoms with Gasteiger partial charge in [-0.1, -0.05) is 0 Å². The smallest absolute Gasteiger partial charge is 0.0936 e. The Morgan fingerprint density at radius 2 is 1.17 bits per heavy atom. The van der Waals surface area contributed by atoms with Gasteiger partial charge in [0.05, 0.1) is 50.8 Å². The van der Waals surface area contributed by atoms with Crippen molar-refractivity contribution in [3.05, 3.63) is 0 Å². The zero-order chi connectivity index (χ0) is 17.4. The van der Waals surface area contributed by atoms with Crippen molar-refractivity contribution in [2.45, 2.75) is 69.2 Å². The molecule has 2 aliphatic carbocycles. The third-order valence-corrected chi connectivity index (χ3v) is 5.75. The Bertz CT molecular complexity index is 312. The lowest BCUT2D eigenvalue weighted by molar-refractivity contribution is -0.150. The van der Waals surface area contributed by atoms with Crippen molar-refractivity contribution in [2.75, 3.05) is 33.0 Å². The molecule has 2 aliphatic rings. The molecule has 0 saturated heterocycles. The summed E-state index contributed by atoms with van der Waals surface area (Å²) in [6.07, 6.45) is 5.75. The first-order valence-corrected chi connectivity index (χ1v) is 9.41. The number of rotatable bonds is 9. The predicted octanol–water partition coefficient (Wildman–Crippen LogP) is 0.845. The number of hydrogen-bond donors (Lipinski definition) is 4. The topological polar surface area (TPSA) is 99.4 Å². The van der Waals surface area contributed by atoms with Gasteiger partial charge in [-0.15, -0.1) is 0 Å². The molecule has 0 aromatic carbocycles. The maximum Gasteiger partial charge on any atom is 0.0936 e. The van der Waals surface area contributed by atoms with E-state index in [2.05, 4.69) is 0 Å². The van der Waals surface area contributed by atoms with Gasteiger partial charge in [-0.3, -0.25) is 0 Å². The second-order valence-electron chi connectivity index (χ2n) is 7.39. The fourth-order valence-electron chi connectivity index (χ4n) is 4.24. The van der Waals surface area contributed by atoms with E-state index in [1.165, 1.54) is 0 Å². The SMILES string of the molecule is OCCOCCOCC(O)(C1CCC(O)CC1)C1CCC(O)CC1. The molecule has 6 nitrogen and oxygen atoms in total. The van der Waals surface area contributed by atoms with Crippen molar-refractivity contribution in [3.8, 4) is 0 Å². The molecular weight excluding hydrogens is 312 g/mol. The summed E-state index contributed by atoms with van der Waals surface area (Å²) in [5.74, 6) is 0.277. The van der Waals surface area contributed by atoms with Crippen molar-refractivity contribution >= 4 is 0 Å². The van der Waals surface area contributed by atoms with E-state index in [0.29, 0.717) is 19.8 Å². The Kier molecular flexibility index (Phi) is 8.40. The molecule has 0 amide bonds. The highest BCUT2D eigenvalue weighted by molar-refractivity contribution is 4.96. The van der Waals surface area contributed by atoms with Crippen LogP contribution in [0.5, 0.6) is 0 Å². The van der Waals surface area contributed by atoms with Gasteiger partial charge in [0.2, 0.25) is 0 Å². The Morgan fingerprint density at radius 1 is 0.708 bits per heavy atom. The van der Waals surface area contributed by atoms with Gasteiger partial charge in [0.15, 0.2) is 0 Å². The molecule has 142 valence electrons. The maximum absolute atomic E-state index is 11.5. The van der Waals surface area contributed by atoms with Gasteiger partial charge >= 0.3 is 0 Å². The highest BCUT2D eigenvalue weighted by Gasteiger charge is 2.45. The van der Waals surface area contributed by atoms with Gasteiger partial charge in [0.25, 0.3) is 0 Å². The van der Waals surface area contributed by atoms with Crippen LogP contribution in [-0.2, 0) is 9.47 Å². The van der Waals surface area contributed by atoms with Crippen molar-refractivity contribution in [3.63, 3.8) is 0 Å². The van der Waals surface area contributed by atoms with Gasteiger partial charge in [0.1, 0.15) is 0 Å². The van der Waals surface area contributed by atoms with Crippen LogP contribution in [0.25, 0.3) is 0 Å². The van der Waals surface area contributed by atoms with E-state index in [1.807, 2.05) is 0 Å². The zero-order valence-electron chi connectivity index (χ0n) is 14.6. The number of aliphatic hydroxyl groups is 4. The molecule has 0 aromatic rings. The Labute approximate surface area is 144 Å². The van der Waals surface area contributed by atoms with Crippen LogP contribution in [0.2, 0.25) is 0 Å². The Morgan fingerprint density at radius 3 is 1.62 bits per heavy atom. The molecule has 24 heavy (non-hydrogen) atoms. The highest BCUT2D eigenvalue weighted by Crippen LogP contribution is 2.43. The first kappa shape index (κ1) is 20.1. The van der Waals surface area contributed by atoms with Crippen LogP contribution < -0.4 is 0 Å². The standard InChI is InChI=1S/C18H34O6/c19-9-10-23-11-12-24-13-18(22,14-1-5-16(20)6-2-14)15-3-7-17(21)8-4-15/h14-17,19-22H,1-13H2. The minimum absolute atomic E-state index is 0.00125. The molecule has 4 N–H and O–H groups in total. The summed E-state index contributed by atoms with van der Waals surface area (Å²) in [6.45, 7) is 1.38. The van der Waals surface area contributed by atoms with Crippen molar-refractivity contribution in [1.82, 2.24) is 0 Å². The van der Waals surface area contributed by atoms with Gasteiger partial charge in [-0.2, -0.15) is 0 Å². The Balaban J connectivity index is 1.90. The minimum atomic E-state index is -0.892. The molecule has 6 heteroatoms. The fraction of sp³-hybridized carbons (Fsp3) is 1.00. The summed E-state index contributed by atoms with van der Waals surface area (Å²) in [5, 5.41) is 39.7. The normalized spacial score (nSPS) is 34.0. The quantitative estimate of drug-likeness (QED) is 0.462. The van der Waals surface area contributed by atoms with E-state index < -0.39 is 5.60 Å². The van der Waals surface area contributed by atoms with Gasteiger partial charge < -0.3 is 29.9 Å². The summed E-state index contributed by atoms with van der Waals surface area (Å²) in [5.41, 5.74) is -0.892. The van der Waals surface area contributed by atoms with Crippen molar-refractivity contribution in [1.29, 1.82) is 0 Å². The monoisotopic (exact) mass is 346 g/mol.